The number of hydrogen-bond acceptors (Lipinski definition) is 6. The molecule has 2 N–H and O–H groups in total. The molecule has 1 amide bonds. The summed E-state index contributed by atoms with van der Waals surface area (Å²) >= 11 is 7.23. The van der Waals surface area contributed by atoms with Crippen LogP contribution in [0, 0.1) is 0 Å². The molecule has 0 aliphatic carbocycles. The second-order valence-corrected chi connectivity index (χ2v) is 8.31. The molecule has 8 nitrogen and oxygen atoms in total. The maximum Gasteiger partial charge on any atom is 0.288 e. The first-order valence-electron chi connectivity index (χ1n) is 8.57. The van der Waals surface area contributed by atoms with Crippen molar-refractivity contribution in [3.63, 3.8) is 0 Å². The summed E-state index contributed by atoms with van der Waals surface area (Å²) in [4.78, 5) is 22.8. The lowest BCUT2D eigenvalue weighted by Crippen LogP contribution is -2.43. The molecule has 1 fully saturated rings. The molecule has 5 rings (SSSR count). The van der Waals surface area contributed by atoms with Crippen molar-refractivity contribution in [3.05, 3.63) is 68.4 Å². The van der Waals surface area contributed by atoms with E-state index in [0.717, 1.165) is 25.9 Å². The minimum Gasteiger partial charge on any atom is -0.363 e. The van der Waals surface area contributed by atoms with Crippen LogP contribution in [0.3, 0.4) is 0 Å². The van der Waals surface area contributed by atoms with Crippen LogP contribution in [-0.4, -0.2) is 43.7 Å². The molecule has 2 aliphatic heterocycles. The molecule has 10 heteroatoms. The van der Waals surface area contributed by atoms with Gasteiger partial charge in [-0.1, -0.05) is 22.0 Å². The van der Waals surface area contributed by atoms with Gasteiger partial charge in [-0.25, -0.2) is 9.67 Å². The van der Waals surface area contributed by atoms with Gasteiger partial charge < -0.3 is 10.5 Å². The number of aromatic nitrogens is 4. The maximum absolute atomic E-state index is 11.7. The Labute approximate surface area is 177 Å². The van der Waals surface area contributed by atoms with Gasteiger partial charge in [-0.15, -0.1) is 5.10 Å². The van der Waals surface area contributed by atoms with Gasteiger partial charge in [0.1, 0.15) is 5.82 Å². The van der Waals surface area contributed by atoms with Crippen LogP contribution in [-0.2, 0) is 17.0 Å². The first-order chi connectivity index (χ1) is 13.5. The summed E-state index contributed by atoms with van der Waals surface area (Å²) in [5.74, 6) is -0.0633. The zero-order valence-electron chi connectivity index (χ0n) is 14.5. The van der Waals surface area contributed by atoms with E-state index < -0.39 is 11.6 Å². The van der Waals surface area contributed by atoms with Crippen LogP contribution in [0.15, 0.2) is 45.5 Å². The third-order valence-corrected chi connectivity index (χ3v) is 6.02. The van der Waals surface area contributed by atoms with E-state index in [1.54, 1.807) is 10.9 Å². The van der Waals surface area contributed by atoms with Gasteiger partial charge >= 0.3 is 0 Å². The topological polar surface area (TPSA) is 99.2 Å². The van der Waals surface area contributed by atoms with Gasteiger partial charge in [0.2, 0.25) is 5.82 Å². The summed E-state index contributed by atoms with van der Waals surface area (Å²) in [6.07, 6.45) is 1.75. The average molecular weight is 506 g/mol. The normalized spacial score (nSPS) is 20.9. The fourth-order valence-electron chi connectivity index (χ4n) is 3.87. The number of benzene rings is 1. The molecule has 0 saturated carbocycles. The summed E-state index contributed by atoms with van der Waals surface area (Å²) < 4.78 is 9.71. The summed E-state index contributed by atoms with van der Waals surface area (Å²) in [6, 6.07) is 9.68. The van der Waals surface area contributed by atoms with Crippen molar-refractivity contribution in [3.8, 4) is 5.69 Å². The summed E-state index contributed by atoms with van der Waals surface area (Å²) in [6.45, 7) is 1.64. The van der Waals surface area contributed by atoms with Gasteiger partial charge in [0.05, 0.1) is 24.5 Å². The molecular formula is C18H14Br2N6O2. The fourth-order valence-corrected chi connectivity index (χ4v) is 5.26. The molecule has 142 valence electrons. The predicted molar refractivity (Wildman–Crippen MR) is 107 cm³/mol. The molecule has 0 radical (unpaired) electrons. The van der Waals surface area contributed by atoms with E-state index in [-0.39, 0.29) is 5.82 Å². The molecule has 4 heterocycles. The molecule has 2 aliphatic rings. The Morgan fingerprint density at radius 1 is 1.29 bits per heavy atom. The van der Waals surface area contributed by atoms with Crippen LogP contribution >= 0.6 is 31.9 Å². The number of nitrogens with zero attached hydrogens (tertiary/aromatic N) is 5. The summed E-state index contributed by atoms with van der Waals surface area (Å²) in [5, 5.41) is 4.38. The van der Waals surface area contributed by atoms with E-state index in [1.807, 2.05) is 30.3 Å². The highest BCUT2D eigenvalue weighted by molar-refractivity contribution is 9.11. The molecule has 0 bridgehead atoms. The molecule has 1 saturated heterocycles. The number of ether oxygens (including phenoxy) is 1. The van der Waals surface area contributed by atoms with Gasteiger partial charge in [-0.3, -0.25) is 14.7 Å². The van der Waals surface area contributed by atoms with Crippen molar-refractivity contribution in [2.45, 2.75) is 12.3 Å². The van der Waals surface area contributed by atoms with Gasteiger partial charge in [0.25, 0.3) is 5.91 Å². The molecule has 28 heavy (non-hydrogen) atoms. The van der Waals surface area contributed by atoms with E-state index >= 15 is 0 Å². The summed E-state index contributed by atoms with van der Waals surface area (Å²) in [7, 11) is 0. The fraction of sp³-hybridized carbons (Fsp3) is 0.222. The first-order valence-corrected chi connectivity index (χ1v) is 10.2. The Morgan fingerprint density at radius 3 is 2.89 bits per heavy atom. The van der Waals surface area contributed by atoms with E-state index in [9.17, 15) is 4.79 Å². The smallest absolute Gasteiger partial charge is 0.288 e. The standard InChI is InChI=1S/C18H14Br2N6O2/c19-10-7-11-15(12(20)8-10)26-14(23-17(24-26)16(21)27)9-25-5-6-28-18(11,25)13-3-1-2-4-22-13/h1-4,7-8H,5-6,9H2,(H2,21,27). The van der Waals surface area contributed by atoms with Crippen LogP contribution in [0.1, 0.15) is 27.7 Å². The Bertz CT molecular complexity index is 1100. The van der Waals surface area contributed by atoms with Crippen LogP contribution in [0.25, 0.3) is 5.69 Å². The number of hydrogen-bond donors (Lipinski definition) is 1. The lowest BCUT2D eigenvalue weighted by Gasteiger charge is -2.36. The van der Waals surface area contributed by atoms with Crippen LogP contribution < -0.4 is 5.73 Å². The second kappa shape index (κ2) is 6.45. The average Bonchev–Trinajstić information content (AvgIpc) is 3.25. The zero-order chi connectivity index (χ0) is 19.5. The van der Waals surface area contributed by atoms with Crippen LogP contribution in [0.2, 0.25) is 0 Å². The Balaban J connectivity index is 1.87. The molecular weight excluding hydrogens is 492 g/mol. The molecule has 0 spiro atoms. The number of carbonyl (C=O) groups is 1. The Kier molecular flexibility index (Phi) is 4.13. The van der Waals surface area contributed by atoms with Gasteiger partial charge in [-0.05, 0) is 40.2 Å². The van der Waals surface area contributed by atoms with E-state index in [1.165, 1.54) is 0 Å². The highest BCUT2D eigenvalue weighted by Crippen LogP contribution is 2.47. The van der Waals surface area contributed by atoms with E-state index in [2.05, 4.69) is 51.8 Å². The van der Waals surface area contributed by atoms with Gasteiger partial charge in [-0.2, -0.15) is 0 Å². The third kappa shape index (κ3) is 2.48. The minimum atomic E-state index is -0.891. The highest BCUT2D eigenvalue weighted by Gasteiger charge is 2.51. The maximum atomic E-state index is 11.7. The second-order valence-electron chi connectivity index (χ2n) is 6.54. The van der Waals surface area contributed by atoms with Gasteiger partial charge in [0.15, 0.2) is 5.72 Å². The Hall–Kier alpha value is -2.14. The third-order valence-electron chi connectivity index (χ3n) is 4.96. The number of fused-ring (bicyclic) bond motifs is 5. The zero-order valence-corrected chi connectivity index (χ0v) is 17.6. The molecule has 3 aromatic rings. The highest BCUT2D eigenvalue weighted by atomic mass is 79.9. The largest absolute Gasteiger partial charge is 0.363 e. The monoisotopic (exact) mass is 504 g/mol. The minimum absolute atomic E-state index is 0.0128. The molecule has 2 aromatic heterocycles. The molecule has 1 unspecified atom stereocenters. The van der Waals surface area contributed by atoms with Crippen LogP contribution in [0.4, 0.5) is 0 Å². The predicted octanol–water partition coefficient (Wildman–Crippen LogP) is 2.33. The van der Waals surface area contributed by atoms with Crippen molar-refractivity contribution in [2.75, 3.05) is 13.2 Å². The number of pyridine rings is 1. The number of nitrogens with two attached hydrogens (primary N) is 1. The van der Waals surface area contributed by atoms with E-state index in [0.29, 0.717) is 25.5 Å². The van der Waals surface area contributed by atoms with Crippen LogP contribution in [0.5, 0.6) is 0 Å². The van der Waals surface area contributed by atoms with E-state index in [4.69, 9.17) is 10.5 Å². The first kappa shape index (κ1) is 17.9. The number of rotatable bonds is 2. The Morgan fingerprint density at radius 2 is 2.14 bits per heavy atom. The number of primary amides is 1. The van der Waals surface area contributed by atoms with Crippen molar-refractivity contribution >= 4 is 37.8 Å². The lowest BCUT2D eigenvalue weighted by atomic mass is 9.95. The lowest BCUT2D eigenvalue weighted by molar-refractivity contribution is -0.0586. The summed E-state index contributed by atoms with van der Waals surface area (Å²) in [5.41, 5.74) is 6.91. The van der Waals surface area contributed by atoms with Gasteiger partial charge in [0, 0.05) is 27.3 Å². The number of carbonyl (C=O) groups excluding carboxylic acids is 1. The SMILES string of the molecule is NC(=O)c1nc2n(n1)-c1c(Br)cc(Br)cc1C1(c3ccccn3)OCCN1C2. The van der Waals surface area contributed by atoms with Crippen molar-refractivity contribution in [1.29, 1.82) is 0 Å². The molecule has 1 atom stereocenters. The quantitative estimate of drug-likeness (QED) is 0.573. The molecule has 1 aromatic carbocycles. The van der Waals surface area contributed by atoms with Crippen molar-refractivity contribution in [2.24, 2.45) is 5.73 Å². The number of amides is 1. The van der Waals surface area contributed by atoms with Crippen molar-refractivity contribution in [1.82, 2.24) is 24.6 Å². The number of halogens is 2. The van der Waals surface area contributed by atoms with Crippen molar-refractivity contribution < 1.29 is 9.53 Å².